The Bertz CT molecular complexity index is 1770. The minimum absolute atomic E-state index is 0.691. The quantitative estimate of drug-likeness (QED) is 0.172. The first-order valence-electron chi connectivity index (χ1n) is 13.5. The maximum absolute atomic E-state index is 2.55. The van der Waals surface area contributed by atoms with Gasteiger partial charge in [-0.3, -0.25) is 0 Å². The molecule has 0 atom stereocenters. The molecule has 2 nitrogen and oxygen atoms in total. The summed E-state index contributed by atoms with van der Waals surface area (Å²) in [6, 6.07) is 23.6. The van der Waals surface area contributed by atoms with Gasteiger partial charge in [-0.1, -0.05) is 65.8 Å². The molecular weight excluding hydrogens is 452 g/mol. The molecule has 2 heterocycles. The van der Waals surface area contributed by atoms with E-state index in [0.717, 1.165) is 0 Å². The van der Waals surface area contributed by atoms with Crippen LogP contribution in [0, 0.1) is 0 Å². The van der Waals surface area contributed by atoms with Crippen LogP contribution in [0.5, 0.6) is 0 Å². The predicted octanol–water partition coefficient (Wildman–Crippen LogP) is 9.02. The SMILES string of the molecule is CC(C)[Si](c1cc2cc3ccc4c5cc6c(ccn6C)cc5ccc4c3cc2n1C)(C(C)C)C(C)C. The standard InChI is InChI=1S/C33H38N2Si/c1-20(2)36(21(3)4,22(5)6)33-17-26-16-24-10-12-27-28(30(24)19-32(26)35(33)8)11-9-23-15-25-13-14-34(7)31(25)18-29(23)27/h9-22H,1-8H3. The van der Waals surface area contributed by atoms with Crippen LogP contribution in [0.25, 0.3) is 54.1 Å². The summed E-state index contributed by atoms with van der Waals surface area (Å²) in [5.74, 6) is 0. The number of benzene rings is 4. The fourth-order valence-corrected chi connectivity index (χ4v) is 14.7. The van der Waals surface area contributed by atoms with Crippen LogP contribution in [0.4, 0.5) is 0 Å². The highest BCUT2D eigenvalue weighted by Gasteiger charge is 2.46. The second-order valence-electron chi connectivity index (χ2n) is 11.9. The molecule has 0 aliphatic rings. The molecule has 0 bridgehead atoms. The molecule has 0 aliphatic carbocycles. The summed E-state index contributed by atoms with van der Waals surface area (Å²) >= 11 is 0. The number of aryl methyl sites for hydroxylation is 2. The number of hydrogen-bond acceptors (Lipinski definition) is 0. The smallest absolute Gasteiger partial charge is 0.115 e. The minimum Gasteiger partial charge on any atom is -0.352 e. The second kappa shape index (κ2) is 7.98. The predicted molar refractivity (Wildman–Crippen MR) is 163 cm³/mol. The molecule has 0 aliphatic heterocycles. The lowest BCUT2D eigenvalue weighted by Gasteiger charge is -2.43. The Morgan fingerprint density at radius 1 is 0.528 bits per heavy atom. The number of nitrogens with zero attached hydrogens (tertiary/aromatic N) is 2. The highest BCUT2D eigenvalue weighted by atomic mass is 28.3. The Hall–Kier alpha value is -3.04. The molecule has 0 amide bonds. The topological polar surface area (TPSA) is 9.86 Å². The van der Waals surface area contributed by atoms with Gasteiger partial charge in [-0.05, 0) is 85.3 Å². The third-order valence-corrected chi connectivity index (χ3v) is 16.4. The van der Waals surface area contributed by atoms with Crippen LogP contribution < -0.4 is 5.32 Å². The van der Waals surface area contributed by atoms with E-state index >= 15 is 0 Å². The average Bonchev–Trinajstić information content (AvgIpc) is 3.35. The normalized spacial score (nSPS) is 13.2. The molecule has 3 heteroatoms. The van der Waals surface area contributed by atoms with E-state index < -0.39 is 8.07 Å². The van der Waals surface area contributed by atoms with Gasteiger partial charge in [0.25, 0.3) is 0 Å². The van der Waals surface area contributed by atoms with Gasteiger partial charge in [-0.2, -0.15) is 0 Å². The van der Waals surface area contributed by atoms with Crippen molar-refractivity contribution in [3.05, 3.63) is 66.9 Å². The van der Waals surface area contributed by atoms with Gasteiger partial charge in [-0.25, -0.2) is 0 Å². The van der Waals surface area contributed by atoms with Gasteiger partial charge in [0, 0.05) is 47.4 Å². The largest absolute Gasteiger partial charge is 0.352 e. The van der Waals surface area contributed by atoms with Crippen molar-refractivity contribution in [3.8, 4) is 0 Å². The fraction of sp³-hybridized carbons (Fsp3) is 0.333. The van der Waals surface area contributed by atoms with E-state index in [0.29, 0.717) is 16.6 Å². The van der Waals surface area contributed by atoms with Gasteiger partial charge in [-0.15, -0.1) is 0 Å². The van der Waals surface area contributed by atoms with Crippen molar-refractivity contribution in [3.63, 3.8) is 0 Å². The molecule has 0 saturated carbocycles. The van der Waals surface area contributed by atoms with E-state index in [4.69, 9.17) is 0 Å². The maximum atomic E-state index is 2.55. The summed E-state index contributed by atoms with van der Waals surface area (Å²) in [6.45, 7) is 14.8. The Kier molecular flexibility index (Phi) is 5.18. The molecule has 36 heavy (non-hydrogen) atoms. The lowest BCUT2D eigenvalue weighted by Crippen LogP contribution is -2.57. The van der Waals surface area contributed by atoms with Gasteiger partial charge in [0.05, 0.1) is 0 Å². The van der Waals surface area contributed by atoms with Crippen molar-refractivity contribution >= 4 is 67.5 Å². The monoisotopic (exact) mass is 490 g/mol. The van der Waals surface area contributed by atoms with Crippen molar-refractivity contribution in [2.75, 3.05) is 0 Å². The van der Waals surface area contributed by atoms with Crippen molar-refractivity contribution in [1.29, 1.82) is 0 Å². The number of fused-ring (bicyclic) bond motifs is 7. The van der Waals surface area contributed by atoms with E-state index in [9.17, 15) is 0 Å². The van der Waals surface area contributed by atoms with E-state index in [1.54, 1.807) is 5.32 Å². The van der Waals surface area contributed by atoms with E-state index in [2.05, 4.69) is 132 Å². The molecule has 6 rings (SSSR count). The molecule has 6 aromatic rings. The summed E-state index contributed by atoms with van der Waals surface area (Å²) in [7, 11) is 2.68. The molecule has 0 fully saturated rings. The zero-order chi connectivity index (χ0) is 25.5. The van der Waals surface area contributed by atoms with Crippen LogP contribution in [-0.2, 0) is 14.1 Å². The van der Waals surface area contributed by atoms with Crippen molar-refractivity contribution in [2.24, 2.45) is 14.1 Å². The average molecular weight is 491 g/mol. The van der Waals surface area contributed by atoms with Gasteiger partial charge >= 0.3 is 0 Å². The number of aromatic nitrogens is 2. The van der Waals surface area contributed by atoms with Crippen molar-refractivity contribution in [1.82, 2.24) is 9.13 Å². The van der Waals surface area contributed by atoms with Gasteiger partial charge in [0.15, 0.2) is 0 Å². The van der Waals surface area contributed by atoms with E-state index in [1.807, 2.05) is 0 Å². The van der Waals surface area contributed by atoms with Crippen LogP contribution in [0.1, 0.15) is 41.5 Å². The lowest BCUT2D eigenvalue weighted by atomic mass is 9.96. The lowest BCUT2D eigenvalue weighted by molar-refractivity contribution is 0.820. The summed E-state index contributed by atoms with van der Waals surface area (Å²) in [5, 5.41) is 12.3. The van der Waals surface area contributed by atoms with Crippen LogP contribution in [0.3, 0.4) is 0 Å². The minimum atomic E-state index is -1.76. The van der Waals surface area contributed by atoms with E-state index in [-0.39, 0.29) is 0 Å². The molecule has 0 radical (unpaired) electrons. The van der Waals surface area contributed by atoms with E-state index in [1.165, 1.54) is 54.1 Å². The van der Waals surface area contributed by atoms with Crippen LogP contribution >= 0.6 is 0 Å². The third kappa shape index (κ3) is 3.02. The van der Waals surface area contributed by atoms with Gasteiger partial charge < -0.3 is 9.13 Å². The molecule has 2 aromatic heterocycles. The Morgan fingerprint density at radius 3 is 1.61 bits per heavy atom. The summed E-state index contributed by atoms with van der Waals surface area (Å²) in [6.07, 6.45) is 2.15. The Morgan fingerprint density at radius 2 is 1.06 bits per heavy atom. The highest BCUT2D eigenvalue weighted by Crippen LogP contribution is 2.42. The summed E-state index contributed by atoms with van der Waals surface area (Å²) < 4.78 is 4.77. The first-order chi connectivity index (χ1) is 17.1. The number of rotatable bonds is 4. The van der Waals surface area contributed by atoms with Gasteiger partial charge in [0.1, 0.15) is 8.07 Å². The van der Waals surface area contributed by atoms with Crippen molar-refractivity contribution in [2.45, 2.75) is 58.2 Å². The Labute approximate surface area is 215 Å². The molecular formula is C33H38N2Si. The molecule has 4 aromatic carbocycles. The fourth-order valence-electron chi connectivity index (χ4n) is 7.78. The molecule has 0 unspecified atom stereocenters. The summed E-state index contributed by atoms with van der Waals surface area (Å²) in [5.41, 5.74) is 4.72. The molecule has 184 valence electrons. The zero-order valence-electron chi connectivity index (χ0n) is 23.0. The highest BCUT2D eigenvalue weighted by molar-refractivity contribution is 6.94. The summed E-state index contributed by atoms with van der Waals surface area (Å²) in [4.78, 5) is 0. The first-order valence-corrected chi connectivity index (χ1v) is 15.7. The third-order valence-electron chi connectivity index (χ3n) is 9.31. The second-order valence-corrected chi connectivity index (χ2v) is 17.7. The maximum Gasteiger partial charge on any atom is 0.115 e. The first kappa shape index (κ1) is 23.4. The van der Waals surface area contributed by atoms with Crippen molar-refractivity contribution < 1.29 is 0 Å². The zero-order valence-corrected chi connectivity index (χ0v) is 24.0. The molecule has 0 N–H and O–H groups in total. The van der Waals surface area contributed by atoms with Gasteiger partial charge in [0.2, 0.25) is 0 Å². The Balaban J connectivity index is 1.67. The van der Waals surface area contributed by atoms with Crippen LogP contribution in [0.2, 0.25) is 16.6 Å². The number of hydrogen-bond donors (Lipinski definition) is 0. The van der Waals surface area contributed by atoms with Crippen LogP contribution in [-0.4, -0.2) is 17.2 Å². The molecule has 0 saturated heterocycles. The van der Waals surface area contributed by atoms with Crippen LogP contribution in [0.15, 0.2) is 66.9 Å². The molecule has 0 spiro atoms.